The van der Waals surface area contributed by atoms with Gasteiger partial charge in [-0.25, -0.2) is 18.5 Å². The number of aryl methyl sites for hydroxylation is 2. The number of hydrogen-bond donors (Lipinski definition) is 2. The second-order valence-corrected chi connectivity index (χ2v) is 11.7. The summed E-state index contributed by atoms with van der Waals surface area (Å²) in [5.41, 5.74) is -3.03. The van der Waals surface area contributed by atoms with Crippen molar-refractivity contribution >= 4 is 27.5 Å². The molecule has 1 aromatic carbocycles. The van der Waals surface area contributed by atoms with Crippen LogP contribution in [0.1, 0.15) is 57.4 Å². The Kier molecular flexibility index (Phi) is 7.85. The van der Waals surface area contributed by atoms with E-state index in [1.54, 1.807) is 26.8 Å². The highest BCUT2D eigenvalue weighted by Crippen LogP contribution is 2.33. The van der Waals surface area contributed by atoms with Gasteiger partial charge in [0, 0.05) is 5.56 Å². The molecule has 11 nitrogen and oxygen atoms in total. The molecule has 0 aliphatic heterocycles. The second kappa shape index (κ2) is 10.7. The van der Waals surface area contributed by atoms with Crippen LogP contribution in [-0.2, 0) is 28.0 Å². The van der Waals surface area contributed by atoms with Gasteiger partial charge in [0.05, 0.1) is 36.5 Å². The van der Waals surface area contributed by atoms with E-state index in [1.807, 2.05) is 6.92 Å². The highest BCUT2D eigenvalue weighted by molar-refractivity contribution is 7.21. The van der Waals surface area contributed by atoms with Gasteiger partial charge in [0.15, 0.2) is 0 Å². The van der Waals surface area contributed by atoms with Crippen LogP contribution in [0.4, 0.5) is 4.39 Å². The van der Waals surface area contributed by atoms with Crippen LogP contribution in [-0.4, -0.2) is 52.5 Å². The van der Waals surface area contributed by atoms with Gasteiger partial charge in [-0.05, 0) is 64.3 Å². The summed E-state index contributed by atoms with van der Waals surface area (Å²) in [6.45, 7) is 8.91. The van der Waals surface area contributed by atoms with E-state index in [2.05, 4.69) is 10.2 Å². The molecule has 4 rings (SSSR count). The zero-order valence-electron chi connectivity index (χ0n) is 23.1. The lowest BCUT2D eigenvalue weighted by Crippen LogP contribution is -2.52. The molecule has 0 amide bonds. The number of rotatable bonds is 10. The molecule has 4 aromatic rings. The van der Waals surface area contributed by atoms with Crippen molar-refractivity contribution in [2.75, 3.05) is 6.61 Å². The number of fused-ring (bicyclic) bond motifs is 1. The molecule has 0 saturated carbocycles. The van der Waals surface area contributed by atoms with Crippen molar-refractivity contribution in [3.05, 3.63) is 73.9 Å². The fourth-order valence-corrected chi connectivity index (χ4v) is 5.71. The summed E-state index contributed by atoms with van der Waals surface area (Å²) in [6, 6.07) is 4.29. The Morgan fingerprint density at radius 3 is 2.40 bits per heavy atom. The molecular formula is C27H32FN5O6S. The summed E-state index contributed by atoms with van der Waals surface area (Å²) in [4.78, 5) is 41.5. The molecule has 1 unspecified atom stereocenters. The van der Waals surface area contributed by atoms with Crippen LogP contribution in [0, 0.1) is 12.7 Å². The molecule has 3 heterocycles. The van der Waals surface area contributed by atoms with E-state index in [4.69, 9.17) is 4.74 Å². The molecule has 1 atom stereocenters. The van der Waals surface area contributed by atoms with E-state index >= 15 is 0 Å². The first-order valence-corrected chi connectivity index (χ1v) is 13.5. The minimum atomic E-state index is -1.89. The van der Waals surface area contributed by atoms with E-state index in [1.165, 1.54) is 47.7 Å². The zero-order chi connectivity index (χ0) is 29.6. The molecule has 0 bridgehead atoms. The highest BCUT2D eigenvalue weighted by atomic mass is 32.1. The summed E-state index contributed by atoms with van der Waals surface area (Å²) in [6.07, 6.45) is 2.56. The number of thiophene rings is 1. The van der Waals surface area contributed by atoms with Crippen molar-refractivity contribution in [3.8, 4) is 5.00 Å². The molecule has 2 N–H and O–H groups in total. The second-order valence-electron chi connectivity index (χ2n) is 10.7. The third kappa shape index (κ3) is 5.36. The molecule has 0 saturated heterocycles. The normalized spacial score (nSPS) is 13.2. The number of aliphatic hydroxyl groups is 1. The van der Waals surface area contributed by atoms with Gasteiger partial charge in [-0.1, -0.05) is 24.3 Å². The van der Waals surface area contributed by atoms with Crippen molar-refractivity contribution in [3.63, 3.8) is 0 Å². The molecule has 40 heavy (non-hydrogen) atoms. The average Bonchev–Trinajstić information content (AvgIpc) is 3.51. The number of carboxylic acids is 1. The smallest absolute Gasteiger partial charge is 0.333 e. The molecule has 214 valence electrons. The number of halogens is 1. The maximum Gasteiger partial charge on any atom is 0.333 e. The number of aromatic nitrogens is 5. The predicted molar refractivity (Wildman–Crippen MR) is 148 cm³/mol. The monoisotopic (exact) mass is 573 g/mol. The van der Waals surface area contributed by atoms with Gasteiger partial charge in [-0.2, -0.15) is 10.2 Å². The Balaban J connectivity index is 2.04. The molecule has 0 spiro atoms. The lowest BCUT2D eigenvalue weighted by molar-refractivity contribution is -0.146. The third-order valence-electron chi connectivity index (χ3n) is 6.69. The molecule has 13 heteroatoms. The lowest BCUT2D eigenvalue weighted by Gasteiger charge is -2.27. The Morgan fingerprint density at radius 2 is 1.82 bits per heavy atom. The van der Waals surface area contributed by atoms with Gasteiger partial charge in [-0.3, -0.25) is 9.36 Å². The van der Waals surface area contributed by atoms with Gasteiger partial charge in [0.1, 0.15) is 27.3 Å². The van der Waals surface area contributed by atoms with E-state index in [-0.39, 0.29) is 23.4 Å². The van der Waals surface area contributed by atoms with E-state index in [0.717, 1.165) is 21.5 Å². The number of nitrogens with zero attached hydrogens (tertiary/aromatic N) is 5. The molecule has 0 radical (unpaired) electrons. The molecular weight excluding hydrogens is 541 g/mol. The van der Waals surface area contributed by atoms with Crippen LogP contribution in [0.5, 0.6) is 0 Å². The number of hydrogen-bond acceptors (Lipinski definition) is 8. The van der Waals surface area contributed by atoms with Gasteiger partial charge in [0.25, 0.3) is 5.56 Å². The van der Waals surface area contributed by atoms with E-state index < -0.39 is 40.3 Å². The summed E-state index contributed by atoms with van der Waals surface area (Å²) in [7, 11) is 0. The first-order chi connectivity index (χ1) is 18.7. The number of carboxylic acid groups (broad SMARTS) is 1. The number of carbonyl (C=O) groups is 1. The maximum absolute atomic E-state index is 14.5. The number of ether oxygens (including phenoxy) is 1. The summed E-state index contributed by atoms with van der Waals surface area (Å²) in [5.74, 6) is -1.87. The molecule has 0 aliphatic rings. The average molecular weight is 574 g/mol. The van der Waals surface area contributed by atoms with Crippen LogP contribution in [0.15, 0.2) is 40.2 Å². The van der Waals surface area contributed by atoms with Gasteiger partial charge < -0.3 is 14.9 Å². The lowest BCUT2D eigenvalue weighted by atomic mass is 9.99. The summed E-state index contributed by atoms with van der Waals surface area (Å²) >= 11 is 1.10. The quantitative estimate of drug-likeness (QED) is 0.295. The fraction of sp³-hybridized carbons (Fsp3) is 0.444. The van der Waals surface area contributed by atoms with Crippen LogP contribution in [0.3, 0.4) is 0 Å². The Morgan fingerprint density at radius 1 is 1.18 bits per heavy atom. The van der Waals surface area contributed by atoms with Crippen molar-refractivity contribution in [2.24, 2.45) is 0 Å². The van der Waals surface area contributed by atoms with Gasteiger partial charge in [0.2, 0.25) is 0 Å². The van der Waals surface area contributed by atoms with Crippen LogP contribution in [0.2, 0.25) is 0 Å². The molecule has 3 aromatic heterocycles. The largest absolute Gasteiger partial charge is 0.480 e. The van der Waals surface area contributed by atoms with Gasteiger partial charge in [-0.15, -0.1) is 4.80 Å². The Labute approximate surface area is 233 Å². The minimum Gasteiger partial charge on any atom is -0.480 e. The van der Waals surface area contributed by atoms with E-state index in [9.17, 15) is 29.0 Å². The van der Waals surface area contributed by atoms with Crippen LogP contribution >= 0.6 is 11.3 Å². The maximum atomic E-state index is 14.5. The van der Waals surface area contributed by atoms with Crippen molar-refractivity contribution in [2.45, 2.75) is 71.8 Å². The first-order valence-electron chi connectivity index (χ1n) is 12.7. The third-order valence-corrected chi connectivity index (χ3v) is 7.97. The van der Waals surface area contributed by atoms with E-state index in [0.29, 0.717) is 22.5 Å². The fourth-order valence-electron chi connectivity index (χ4n) is 4.49. The zero-order valence-corrected chi connectivity index (χ0v) is 24.0. The Hall–Kier alpha value is -3.68. The minimum absolute atomic E-state index is 0.137. The highest BCUT2D eigenvalue weighted by Gasteiger charge is 2.36. The summed E-state index contributed by atoms with van der Waals surface area (Å²) < 4.78 is 22.6. The summed E-state index contributed by atoms with van der Waals surface area (Å²) in [5, 5.41) is 29.3. The number of benzene rings is 1. The van der Waals surface area contributed by atoms with Crippen molar-refractivity contribution in [1.82, 2.24) is 24.1 Å². The topological polar surface area (TPSA) is 141 Å². The van der Waals surface area contributed by atoms with Crippen LogP contribution in [0.25, 0.3) is 15.2 Å². The molecule has 0 aliphatic carbocycles. The Bertz CT molecular complexity index is 1680. The van der Waals surface area contributed by atoms with Gasteiger partial charge >= 0.3 is 11.7 Å². The number of aliphatic carboxylic acids is 1. The van der Waals surface area contributed by atoms with Crippen molar-refractivity contribution in [1.29, 1.82) is 0 Å². The molecule has 0 fully saturated rings. The standard InChI is InChI=1S/C27H32FN5O6S/c1-7-16-8-9-17(28)12-18(16)19(39-14-26(3,4)38)13-31-23-20(15(2)22(40-23)33-29-10-11-30-33)21(34)32(25(31)37)27(5,6)24(35)36/h8-12,19,38H,7,13-14H2,1-6H3,(H,35,36). The van der Waals surface area contributed by atoms with Crippen LogP contribution < -0.4 is 11.2 Å². The SMILES string of the molecule is CCc1ccc(F)cc1C(Cn1c(=O)n(C(C)(C)C(=O)O)c(=O)c2c(C)c(-n3nccn3)sc21)OCC(C)(C)O. The first kappa shape index (κ1) is 29.3. The van der Waals surface area contributed by atoms with Crippen molar-refractivity contribution < 1.29 is 24.1 Å². The predicted octanol–water partition coefficient (Wildman–Crippen LogP) is 3.16.